The molecule has 0 fully saturated rings. The van der Waals surface area contributed by atoms with Gasteiger partial charge in [0.05, 0.1) is 13.2 Å². The minimum atomic E-state index is -1.34. The van der Waals surface area contributed by atoms with Crippen LogP contribution in [0, 0.1) is 0 Å². The number of ether oxygens (including phenoxy) is 1. The van der Waals surface area contributed by atoms with Gasteiger partial charge in [0, 0.05) is 13.5 Å². The zero-order valence-electron chi connectivity index (χ0n) is 7.33. The Hall–Kier alpha value is -0.650. The molecule has 0 spiro atoms. The van der Waals surface area contributed by atoms with E-state index in [1.54, 1.807) is 6.92 Å². The van der Waals surface area contributed by atoms with Crippen molar-refractivity contribution in [3.63, 3.8) is 0 Å². The molecule has 0 heterocycles. The molecule has 12 heavy (non-hydrogen) atoms. The van der Waals surface area contributed by atoms with Crippen LogP contribution in [-0.4, -0.2) is 42.2 Å². The molecule has 0 saturated heterocycles. The average molecular weight is 177 g/mol. The maximum atomic E-state index is 10.9. The largest absolute Gasteiger partial charge is 0.391 e. The van der Waals surface area contributed by atoms with Gasteiger partial charge in [-0.2, -0.15) is 0 Å². The second-order valence-electron chi connectivity index (χ2n) is 2.42. The maximum absolute atomic E-state index is 10.9. The van der Waals surface area contributed by atoms with Crippen molar-refractivity contribution in [2.24, 2.45) is 0 Å². The zero-order valence-corrected chi connectivity index (χ0v) is 7.33. The van der Waals surface area contributed by atoms with E-state index in [0.717, 1.165) is 0 Å². The SMILES string of the molecule is CCC(=O)NC(CO)(CO)OC. The standard InChI is InChI=1S/C7H15NO4/c1-3-6(11)8-7(4-9,5-10)12-2/h9-10H,3-5H2,1-2H3,(H,8,11). The van der Waals surface area contributed by atoms with E-state index in [9.17, 15) is 4.79 Å². The second-order valence-corrected chi connectivity index (χ2v) is 2.42. The first-order valence-electron chi connectivity index (χ1n) is 3.72. The number of carbonyl (C=O) groups excluding carboxylic acids is 1. The van der Waals surface area contributed by atoms with Crippen molar-refractivity contribution in [1.29, 1.82) is 0 Å². The highest BCUT2D eigenvalue weighted by Crippen LogP contribution is 2.03. The first-order valence-corrected chi connectivity index (χ1v) is 3.72. The molecule has 1 amide bonds. The van der Waals surface area contributed by atoms with Crippen LogP contribution < -0.4 is 5.32 Å². The Labute approximate surface area is 71.3 Å². The first kappa shape index (κ1) is 11.4. The Kier molecular flexibility index (Phi) is 4.80. The number of carbonyl (C=O) groups is 1. The van der Waals surface area contributed by atoms with E-state index in [4.69, 9.17) is 14.9 Å². The summed E-state index contributed by atoms with van der Waals surface area (Å²) in [5, 5.41) is 20.0. The van der Waals surface area contributed by atoms with Gasteiger partial charge >= 0.3 is 0 Å². The summed E-state index contributed by atoms with van der Waals surface area (Å²) in [4.78, 5) is 10.9. The number of hydrogen-bond acceptors (Lipinski definition) is 4. The van der Waals surface area contributed by atoms with Crippen LogP contribution in [0.1, 0.15) is 13.3 Å². The summed E-state index contributed by atoms with van der Waals surface area (Å²) in [6, 6.07) is 0. The number of hydrogen-bond donors (Lipinski definition) is 3. The van der Waals surface area contributed by atoms with Crippen LogP contribution in [-0.2, 0) is 9.53 Å². The highest BCUT2D eigenvalue weighted by atomic mass is 16.5. The van der Waals surface area contributed by atoms with E-state index in [1.807, 2.05) is 0 Å². The summed E-state index contributed by atoms with van der Waals surface area (Å²) in [5.41, 5.74) is -1.34. The highest BCUT2D eigenvalue weighted by Gasteiger charge is 2.29. The minimum Gasteiger partial charge on any atom is -0.391 e. The highest BCUT2D eigenvalue weighted by molar-refractivity contribution is 5.76. The van der Waals surface area contributed by atoms with Crippen molar-refractivity contribution in [3.05, 3.63) is 0 Å². The molecular weight excluding hydrogens is 162 g/mol. The fraction of sp³-hybridized carbons (Fsp3) is 0.857. The Morgan fingerprint density at radius 1 is 1.50 bits per heavy atom. The second kappa shape index (κ2) is 5.08. The summed E-state index contributed by atoms with van der Waals surface area (Å²) in [6.07, 6.45) is 0.283. The molecule has 0 aromatic carbocycles. The quantitative estimate of drug-likeness (QED) is 0.463. The predicted molar refractivity (Wildman–Crippen MR) is 42.3 cm³/mol. The lowest BCUT2D eigenvalue weighted by atomic mass is 10.2. The first-order chi connectivity index (χ1) is 5.64. The monoisotopic (exact) mass is 177 g/mol. The Balaban J connectivity index is 4.19. The van der Waals surface area contributed by atoms with Gasteiger partial charge in [0.25, 0.3) is 0 Å². The van der Waals surface area contributed by atoms with E-state index >= 15 is 0 Å². The summed E-state index contributed by atoms with van der Waals surface area (Å²) < 4.78 is 4.78. The lowest BCUT2D eigenvalue weighted by Gasteiger charge is -2.28. The van der Waals surface area contributed by atoms with Crippen molar-refractivity contribution in [1.82, 2.24) is 5.32 Å². The van der Waals surface area contributed by atoms with Gasteiger partial charge in [0.1, 0.15) is 0 Å². The molecule has 0 unspecified atom stereocenters. The van der Waals surface area contributed by atoms with E-state index in [2.05, 4.69) is 5.32 Å². The molecule has 0 atom stereocenters. The van der Waals surface area contributed by atoms with Crippen LogP contribution in [0.4, 0.5) is 0 Å². The fourth-order valence-corrected chi connectivity index (χ4v) is 0.652. The Bertz CT molecular complexity index is 136. The molecule has 0 aliphatic rings. The van der Waals surface area contributed by atoms with Crippen LogP contribution in [0.15, 0.2) is 0 Å². The van der Waals surface area contributed by atoms with E-state index in [0.29, 0.717) is 0 Å². The number of rotatable bonds is 5. The number of aliphatic hydroxyl groups is 2. The minimum absolute atomic E-state index is 0.278. The van der Waals surface area contributed by atoms with Crippen molar-refractivity contribution in [3.8, 4) is 0 Å². The van der Waals surface area contributed by atoms with E-state index < -0.39 is 18.9 Å². The van der Waals surface area contributed by atoms with Crippen molar-refractivity contribution in [2.75, 3.05) is 20.3 Å². The topological polar surface area (TPSA) is 78.8 Å². The van der Waals surface area contributed by atoms with Crippen LogP contribution in [0.25, 0.3) is 0 Å². The lowest BCUT2D eigenvalue weighted by Crippen LogP contribution is -2.55. The predicted octanol–water partition coefficient (Wildman–Crippen LogP) is -1.16. The van der Waals surface area contributed by atoms with Gasteiger partial charge in [0.15, 0.2) is 5.72 Å². The molecular formula is C7H15NO4. The zero-order chi connectivity index (χ0) is 9.61. The molecule has 3 N–H and O–H groups in total. The van der Waals surface area contributed by atoms with Gasteiger partial charge in [0.2, 0.25) is 5.91 Å². The Morgan fingerprint density at radius 2 is 2.00 bits per heavy atom. The molecule has 0 aromatic heterocycles. The van der Waals surface area contributed by atoms with E-state index in [1.165, 1.54) is 7.11 Å². The van der Waals surface area contributed by atoms with Gasteiger partial charge in [-0.1, -0.05) is 6.92 Å². The molecule has 0 bridgehead atoms. The summed E-state index contributed by atoms with van der Waals surface area (Å²) in [6.45, 7) is 0.766. The molecule has 72 valence electrons. The molecule has 0 saturated carbocycles. The molecule has 5 nitrogen and oxygen atoms in total. The fourth-order valence-electron chi connectivity index (χ4n) is 0.652. The number of methoxy groups -OCH3 is 1. The normalized spacial score (nSPS) is 11.3. The van der Waals surface area contributed by atoms with Gasteiger partial charge in [-0.05, 0) is 0 Å². The molecule has 0 radical (unpaired) electrons. The van der Waals surface area contributed by atoms with Gasteiger partial charge in [-0.15, -0.1) is 0 Å². The molecule has 0 aliphatic heterocycles. The smallest absolute Gasteiger partial charge is 0.222 e. The van der Waals surface area contributed by atoms with Gasteiger partial charge in [-0.3, -0.25) is 4.79 Å². The van der Waals surface area contributed by atoms with E-state index in [-0.39, 0.29) is 12.3 Å². The number of nitrogens with one attached hydrogen (secondary N) is 1. The summed E-state index contributed by atoms with van der Waals surface area (Å²) in [5.74, 6) is -0.278. The number of aliphatic hydroxyl groups excluding tert-OH is 2. The van der Waals surface area contributed by atoms with Crippen LogP contribution in [0.3, 0.4) is 0 Å². The van der Waals surface area contributed by atoms with Crippen molar-refractivity contribution >= 4 is 5.91 Å². The third-order valence-corrected chi connectivity index (χ3v) is 1.59. The molecule has 0 rings (SSSR count). The van der Waals surface area contributed by atoms with Crippen molar-refractivity contribution in [2.45, 2.75) is 19.1 Å². The molecule has 0 aliphatic carbocycles. The molecule has 0 aromatic rings. The summed E-state index contributed by atoms with van der Waals surface area (Å²) in [7, 11) is 1.31. The maximum Gasteiger partial charge on any atom is 0.222 e. The van der Waals surface area contributed by atoms with Crippen molar-refractivity contribution < 1.29 is 19.7 Å². The Morgan fingerprint density at radius 3 is 2.25 bits per heavy atom. The average Bonchev–Trinajstić information content (AvgIpc) is 2.14. The van der Waals surface area contributed by atoms with Gasteiger partial charge < -0.3 is 20.3 Å². The molecule has 5 heteroatoms. The van der Waals surface area contributed by atoms with Crippen LogP contribution >= 0.6 is 0 Å². The van der Waals surface area contributed by atoms with Gasteiger partial charge in [-0.25, -0.2) is 0 Å². The van der Waals surface area contributed by atoms with Crippen LogP contribution in [0.5, 0.6) is 0 Å². The lowest BCUT2D eigenvalue weighted by molar-refractivity contribution is -0.143. The van der Waals surface area contributed by atoms with Crippen LogP contribution in [0.2, 0.25) is 0 Å². The third kappa shape index (κ3) is 2.77. The summed E-state index contributed by atoms with van der Waals surface area (Å²) >= 11 is 0. The number of amides is 1. The third-order valence-electron chi connectivity index (χ3n) is 1.59.